The summed E-state index contributed by atoms with van der Waals surface area (Å²) in [6, 6.07) is 6.54. The van der Waals surface area contributed by atoms with Crippen molar-refractivity contribution in [2.45, 2.75) is 26.2 Å². The molecular weight excluding hydrogens is 355 g/mol. The first-order chi connectivity index (χ1) is 12.5. The van der Waals surface area contributed by atoms with E-state index in [2.05, 4.69) is 15.3 Å². The minimum Gasteiger partial charge on any atom is -0.396 e. The SMILES string of the molecule is CC[C@H](CO)CCNc1nc(N)nc(Cl)c1C/C=C/c1ccccc1F. The fourth-order valence-electron chi connectivity index (χ4n) is 2.53. The molecule has 1 heterocycles. The maximum absolute atomic E-state index is 13.7. The molecule has 4 N–H and O–H groups in total. The van der Waals surface area contributed by atoms with E-state index in [1.54, 1.807) is 24.3 Å². The van der Waals surface area contributed by atoms with Crippen LogP contribution in [0.1, 0.15) is 30.9 Å². The molecule has 0 amide bonds. The van der Waals surface area contributed by atoms with Gasteiger partial charge in [-0.15, -0.1) is 0 Å². The molecule has 0 fully saturated rings. The third-order valence-electron chi connectivity index (χ3n) is 4.18. The molecule has 0 aliphatic rings. The van der Waals surface area contributed by atoms with Gasteiger partial charge in [-0.2, -0.15) is 4.98 Å². The molecule has 0 spiro atoms. The lowest BCUT2D eigenvalue weighted by Crippen LogP contribution is -2.14. The largest absolute Gasteiger partial charge is 0.396 e. The molecule has 5 nitrogen and oxygen atoms in total. The Labute approximate surface area is 158 Å². The highest BCUT2D eigenvalue weighted by Gasteiger charge is 2.12. The summed E-state index contributed by atoms with van der Waals surface area (Å²) in [6.07, 6.45) is 5.66. The Morgan fingerprint density at radius 2 is 2.12 bits per heavy atom. The highest BCUT2D eigenvalue weighted by atomic mass is 35.5. The monoisotopic (exact) mass is 378 g/mol. The molecule has 0 unspecified atom stereocenters. The quantitative estimate of drug-likeness (QED) is 0.576. The van der Waals surface area contributed by atoms with Crippen LogP contribution in [0.2, 0.25) is 5.15 Å². The molecule has 0 radical (unpaired) electrons. The fourth-order valence-corrected chi connectivity index (χ4v) is 2.79. The molecule has 0 aliphatic heterocycles. The van der Waals surface area contributed by atoms with Gasteiger partial charge in [-0.25, -0.2) is 9.37 Å². The molecular formula is C19H24ClFN4O. The predicted molar refractivity (Wildman–Crippen MR) is 105 cm³/mol. The van der Waals surface area contributed by atoms with Gasteiger partial charge in [-0.05, 0) is 24.8 Å². The van der Waals surface area contributed by atoms with Gasteiger partial charge >= 0.3 is 0 Å². The van der Waals surface area contributed by atoms with Crippen molar-refractivity contribution < 1.29 is 9.50 Å². The zero-order valence-electron chi connectivity index (χ0n) is 14.8. The van der Waals surface area contributed by atoms with E-state index >= 15 is 0 Å². The first kappa shape index (κ1) is 20.1. The molecule has 0 aliphatic carbocycles. The second-order valence-electron chi connectivity index (χ2n) is 6.00. The molecule has 26 heavy (non-hydrogen) atoms. The molecule has 2 rings (SSSR count). The topological polar surface area (TPSA) is 84.1 Å². The maximum atomic E-state index is 13.7. The standard InChI is InChI=1S/C19H24ClFN4O/c1-2-13(12-26)10-11-23-18-15(17(20)24-19(22)25-18)8-5-7-14-6-3-4-9-16(14)21/h3-7,9,13,26H,2,8,10-12H2,1H3,(H3,22,23,24,25)/b7-5+/t13-/m0/s1. The van der Waals surface area contributed by atoms with Crippen molar-refractivity contribution >= 4 is 29.4 Å². The summed E-state index contributed by atoms with van der Waals surface area (Å²) in [4.78, 5) is 8.22. The number of nitrogens with one attached hydrogen (secondary N) is 1. The molecule has 0 saturated heterocycles. The normalized spacial score (nSPS) is 12.5. The average Bonchev–Trinajstić information content (AvgIpc) is 2.62. The van der Waals surface area contributed by atoms with Crippen LogP contribution in [0.15, 0.2) is 30.3 Å². The van der Waals surface area contributed by atoms with E-state index in [0.29, 0.717) is 29.9 Å². The number of halogens is 2. The number of aromatic nitrogens is 2. The van der Waals surface area contributed by atoms with Crippen LogP contribution in [0.4, 0.5) is 16.2 Å². The number of nitrogen functional groups attached to an aromatic ring is 1. The first-order valence-electron chi connectivity index (χ1n) is 8.62. The van der Waals surface area contributed by atoms with Crippen molar-refractivity contribution in [2.75, 3.05) is 24.2 Å². The molecule has 7 heteroatoms. The molecule has 140 valence electrons. The van der Waals surface area contributed by atoms with Crippen molar-refractivity contribution in [3.8, 4) is 0 Å². The maximum Gasteiger partial charge on any atom is 0.223 e. The van der Waals surface area contributed by atoms with Gasteiger partial charge in [0.2, 0.25) is 5.95 Å². The molecule has 1 atom stereocenters. The van der Waals surface area contributed by atoms with E-state index in [0.717, 1.165) is 12.8 Å². The smallest absolute Gasteiger partial charge is 0.223 e. The second kappa shape index (κ2) is 10.1. The highest BCUT2D eigenvalue weighted by molar-refractivity contribution is 6.30. The number of hydrogen-bond donors (Lipinski definition) is 3. The number of aliphatic hydroxyl groups excluding tert-OH is 1. The molecule has 2 aromatic rings. The van der Waals surface area contributed by atoms with Gasteiger partial charge in [-0.3, -0.25) is 0 Å². The lowest BCUT2D eigenvalue weighted by Gasteiger charge is -2.15. The Bertz CT molecular complexity index is 750. The highest BCUT2D eigenvalue weighted by Crippen LogP contribution is 2.24. The molecule has 1 aromatic heterocycles. The van der Waals surface area contributed by atoms with Crippen LogP contribution in [0, 0.1) is 11.7 Å². The van der Waals surface area contributed by atoms with Crippen LogP contribution in [0.3, 0.4) is 0 Å². The van der Waals surface area contributed by atoms with E-state index in [1.807, 2.05) is 13.0 Å². The summed E-state index contributed by atoms with van der Waals surface area (Å²) in [6.45, 7) is 2.83. The Morgan fingerprint density at radius 1 is 1.35 bits per heavy atom. The summed E-state index contributed by atoms with van der Waals surface area (Å²) in [7, 11) is 0. The van der Waals surface area contributed by atoms with Crippen molar-refractivity contribution in [3.05, 3.63) is 52.4 Å². The number of nitrogens with zero attached hydrogens (tertiary/aromatic N) is 2. The number of rotatable bonds is 9. The Kier molecular flexibility index (Phi) is 7.81. The van der Waals surface area contributed by atoms with E-state index in [-0.39, 0.29) is 29.4 Å². The van der Waals surface area contributed by atoms with Gasteiger partial charge in [0.05, 0.1) is 0 Å². The third-order valence-corrected chi connectivity index (χ3v) is 4.49. The Hall–Kier alpha value is -2.18. The van der Waals surface area contributed by atoms with E-state index in [4.69, 9.17) is 17.3 Å². The summed E-state index contributed by atoms with van der Waals surface area (Å²) in [5.41, 5.74) is 6.90. The predicted octanol–water partition coefficient (Wildman–Crippen LogP) is 3.93. The zero-order chi connectivity index (χ0) is 18.9. The lowest BCUT2D eigenvalue weighted by molar-refractivity contribution is 0.217. The average molecular weight is 379 g/mol. The fraction of sp³-hybridized carbons (Fsp3) is 0.368. The summed E-state index contributed by atoms with van der Waals surface area (Å²) in [5.74, 6) is 0.611. The molecule has 1 aromatic carbocycles. The first-order valence-corrected chi connectivity index (χ1v) is 9.00. The number of allylic oxidation sites excluding steroid dienone is 1. The van der Waals surface area contributed by atoms with Crippen LogP contribution in [-0.2, 0) is 6.42 Å². The van der Waals surface area contributed by atoms with Crippen LogP contribution in [-0.4, -0.2) is 28.2 Å². The zero-order valence-corrected chi connectivity index (χ0v) is 15.5. The van der Waals surface area contributed by atoms with Crippen LogP contribution >= 0.6 is 11.6 Å². The number of nitrogens with two attached hydrogens (primary N) is 1. The van der Waals surface area contributed by atoms with Crippen molar-refractivity contribution in [1.29, 1.82) is 0 Å². The Balaban J connectivity index is 2.10. The number of benzene rings is 1. The summed E-state index contributed by atoms with van der Waals surface area (Å²) < 4.78 is 13.7. The molecule has 0 saturated carbocycles. The minimum absolute atomic E-state index is 0.0912. The van der Waals surface area contributed by atoms with Gasteiger partial charge in [0, 0.05) is 24.3 Å². The van der Waals surface area contributed by atoms with Gasteiger partial charge in [0.1, 0.15) is 16.8 Å². The Morgan fingerprint density at radius 3 is 2.81 bits per heavy atom. The number of aliphatic hydroxyl groups is 1. The van der Waals surface area contributed by atoms with Gasteiger partial charge < -0.3 is 16.2 Å². The second-order valence-corrected chi connectivity index (χ2v) is 6.36. The number of anilines is 2. The van der Waals surface area contributed by atoms with Crippen molar-refractivity contribution in [1.82, 2.24) is 9.97 Å². The van der Waals surface area contributed by atoms with Crippen LogP contribution in [0.25, 0.3) is 6.08 Å². The van der Waals surface area contributed by atoms with E-state index in [9.17, 15) is 9.50 Å². The van der Waals surface area contributed by atoms with E-state index < -0.39 is 0 Å². The van der Waals surface area contributed by atoms with Crippen molar-refractivity contribution in [3.63, 3.8) is 0 Å². The summed E-state index contributed by atoms with van der Waals surface area (Å²) >= 11 is 6.22. The number of hydrogen-bond acceptors (Lipinski definition) is 5. The van der Waals surface area contributed by atoms with Gasteiger partial charge in [0.15, 0.2) is 0 Å². The lowest BCUT2D eigenvalue weighted by atomic mass is 10.0. The van der Waals surface area contributed by atoms with Crippen molar-refractivity contribution in [2.24, 2.45) is 5.92 Å². The van der Waals surface area contributed by atoms with E-state index in [1.165, 1.54) is 6.07 Å². The third kappa shape index (κ3) is 5.68. The molecule has 0 bridgehead atoms. The van der Waals surface area contributed by atoms with Gasteiger partial charge in [-0.1, -0.05) is 55.3 Å². The van der Waals surface area contributed by atoms with Crippen LogP contribution in [0.5, 0.6) is 0 Å². The van der Waals surface area contributed by atoms with Crippen LogP contribution < -0.4 is 11.1 Å². The minimum atomic E-state index is -0.281. The van der Waals surface area contributed by atoms with Gasteiger partial charge in [0.25, 0.3) is 0 Å². The summed E-state index contributed by atoms with van der Waals surface area (Å²) in [5, 5.41) is 12.8.